The first-order valence-corrected chi connectivity index (χ1v) is 13.7. The van der Waals surface area contributed by atoms with Crippen LogP contribution in [0.4, 0.5) is 0 Å². The quantitative estimate of drug-likeness (QED) is 0.187. The van der Waals surface area contributed by atoms with Crippen LogP contribution in [0.5, 0.6) is 11.5 Å². The monoisotopic (exact) mass is 450 g/mol. The van der Waals surface area contributed by atoms with E-state index in [1.54, 1.807) is 0 Å². The molecule has 0 spiro atoms. The maximum Gasteiger partial charge on any atom is 0.131 e. The molecule has 0 aliphatic heterocycles. The molecule has 182 valence electrons. The molecular formula is C31H46O2. The molecule has 0 aromatic heterocycles. The Bertz CT molecular complexity index is 880. The predicted octanol–water partition coefficient (Wildman–Crippen LogP) is 9.36. The topological polar surface area (TPSA) is 18.5 Å². The van der Waals surface area contributed by atoms with Crippen molar-refractivity contribution < 1.29 is 9.47 Å². The molecular weight excluding hydrogens is 404 g/mol. The zero-order chi connectivity index (χ0) is 23.3. The SMILES string of the molecule is CCCCCCCCOc1c2c(c(OCCCCCCCC)c3ccccc13)CC(C)=CC2. The molecule has 0 amide bonds. The number of benzene rings is 2. The molecule has 0 heterocycles. The van der Waals surface area contributed by atoms with Gasteiger partial charge in [-0.25, -0.2) is 0 Å². The van der Waals surface area contributed by atoms with Crippen LogP contribution in [-0.2, 0) is 12.8 Å². The van der Waals surface area contributed by atoms with Crippen LogP contribution in [-0.4, -0.2) is 13.2 Å². The molecule has 2 aromatic rings. The minimum atomic E-state index is 0.809. The van der Waals surface area contributed by atoms with Crippen molar-refractivity contribution in [2.45, 2.75) is 111 Å². The first kappa shape index (κ1) is 25.7. The van der Waals surface area contributed by atoms with Crippen molar-refractivity contribution in [1.29, 1.82) is 0 Å². The number of hydrogen-bond donors (Lipinski definition) is 0. The molecule has 2 nitrogen and oxygen atoms in total. The molecule has 1 aliphatic carbocycles. The lowest BCUT2D eigenvalue weighted by Gasteiger charge is -2.25. The van der Waals surface area contributed by atoms with Crippen LogP contribution in [0, 0.1) is 0 Å². The zero-order valence-electron chi connectivity index (χ0n) is 21.5. The van der Waals surface area contributed by atoms with Crippen molar-refractivity contribution in [2.24, 2.45) is 0 Å². The summed E-state index contributed by atoms with van der Waals surface area (Å²) in [6.45, 7) is 8.41. The van der Waals surface area contributed by atoms with Crippen LogP contribution < -0.4 is 9.47 Å². The third-order valence-electron chi connectivity index (χ3n) is 6.93. The predicted molar refractivity (Wildman–Crippen MR) is 143 cm³/mol. The number of ether oxygens (including phenoxy) is 2. The van der Waals surface area contributed by atoms with Crippen LogP contribution in [0.25, 0.3) is 10.8 Å². The maximum atomic E-state index is 6.53. The summed E-state index contributed by atoms with van der Waals surface area (Å²) in [5.41, 5.74) is 4.14. The average Bonchev–Trinajstić information content (AvgIpc) is 2.83. The van der Waals surface area contributed by atoms with Crippen molar-refractivity contribution in [3.63, 3.8) is 0 Å². The summed E-state index contributed by atoms with van der Waals surface area (Å²) in [6, 6.07) is 8.70. The molecule has 0 fully saturated rings. The molecule has 33 heavy (non-hydrogen) atoms. The van der Waals surface area contributed by atoms with Crippen LogP contribution in [0.1, 0.15) is 109 Å². The fourth-order valence-electron chi connectivity index (χ4n) is 4.95. The number of unbranched alkanes of at least 4 members (excludes halogenated alkanes) is 10. The highest BCUT2D eigenvalue weighted by atomic mass is 16.5. The standard InChI is InChI=1S/C31H46O2/c1-4-6-8-10-12-16-22-32-30-26-18-14-15-19-27(26)31(29-24-25(3)20-21-28(29)30)33-23-17-13-11-9-7-5-2/h14-15,18-20H,4-13,16-17,21-24H2,1-3H3. The van der Waals surface area contributed by atoms with E-state index in [-0.39, 0.29) is 0 Å². The van der Waals surface area contributed by atoms with Gasteiger partial charge in [0.15, 0.2) is 0 Å². The van der Waals surface area contributed by atoms with E-state index in [0.29, 0.717) is 0 Å². The van der Waals surface area contributed by atoms with Crippen LogP contribution in [0.15, 0.2) is 35.9 Å². The number of allylic oxidation sites excluding steroid dienone is 2. The molecule has 0 unspecified atom stereocenters. The average molecular weight is 451 g/mol. The Kier molecular flexibility index (Phi) is 11.1. The highest BCUT2D eigenvalue weighted by Gasteiger charge is 2.23. The fraction of sp³-hybridized carbons (Fsp3) is 0.613. The van der Waals surface area contributed by atoms with Crippen molar-refractivity contribution in [3.05, 3.63) is 47.0 Å². The Morgan fingerprint density at radius 2 is 1.12 bits per heavy atom. The number of rotatable bonds is 16. The summed E-state index contributed by atoms with van der Waals surface area (Å²) >= 11 is 0. The fourth-order valence-corrected chi connectivity index (χ4v) is 4.95. The maximum absolute atomic E-state index is 6.53. The molecule has 2 heteroatoms. The molecule has 0 bridgehead atoms. The van der Waals surface area contributed by atoms with Gasteiger partial charge < -0.3 is 9.47 Å². The smallest absolute Gasteiger partial charge is 0.131 e. The second-order valence-electron chi connectivity index (χ2n) is 9.82. The van der Waals surface area contributed by atoms with Crippen LogP contribution in [0.2, 0.25) is 0 Å². The van der Waals surface area contributed by atoms with Gasteiger partial charge in [0.2, 0.25) is 0 Å². The zero-order valence-corrected chi connectivity index (χ0v) is 21.5. The van der Waals surface area contributed by atoms with E-state index in [1.165, 1.54) is 91.7 Å². The molecule has 0 N–H and O–H groups in total. The summed E-state index contributed by atoms with van der Waals surface area (Å²) in [5.74, 6) is 2.21. The Hall–Kier alpha value is -1.96. The van der Waals surface area contributed by atoms with Crippen molar-refractivity contribution in [3.8, 4) is 11.5 Å². The molecule has 1 aliphatic rings. The highest BCUT2D eigenvalue weighted by molar-refractivity contribution is 5.96. The molecule has 3 rings (SSSR count). The lowest BCUT2D eigenvalue weighted by Crippen LogP contribution is -2.11. The summed E-state index contributed by atoms with van der Waals surface area (Å²) in [5, 5.41) is 2.43. The molecule has 0 atom stereocenters. The van der Waals surface area contributed by atoms with Crippen LogP contribution >= 0.6 is 0 Å². The van der Waals surface area contributed by atoms with Gasteiger partial charge in [-0.2, -0.15) is 0 Å². The Balaban J connectivity index is 1.73. The molecule has 0 saturated carbocycles. The van der Waals surface area contributed by atoms with E-state index in [9.17, 15) is 0 Å². The van der Waals surface area contributed by atoms with E-state index in [2.05, 4.69) is 51.1 Å². The van der Waals surface area contributed by atoms with Crippen LogP contribution in [0.3, 0.4) is 0 Å². The Morgan fingerprint density at radius 1 is 0.636 bits per heavy atom. The largest absolute Gasteiger partial charge is 0.493 e. The number of hydrogen-bond acceptors (Lipinski definition) is 2. The highest BCUT2D eigenvalue weighted by Crippen LogP contribution is 2.44. The third kappa shape index (κ3) is 7.52. The van der Waals surface area contributed by atoms with Crippen molar-refractivity contribution >= 4 is 10.8 Å². The van der Waals surface area contributed by atoms with E-state index in [1.807, 2.05) is 0 Å². The van der Waals surface area contributed by atoms with Gasteiger partial charge in [0, 0.05) is 21.9 Å². The summed E-state index contributed by atoms with van der Waals surface area (Å²) < 4.78 is 13.0. The Labute approximate surface area is 202 Å². The number of fused-ring (bicyclic) bond motifs is 2. The lowest BCUT2D eigenvalue weighted by molar-refractivity contribution is 0.297. The second kappa shape index (κ2) is 14.3. The van der Waals surface area contributed by atoms with Gasteiger partial charge in [-0.3, -0.25) is 0 Å². The Morgan fingerprint density at radius 3 is 1.67 bits per heavy atom. The summed E-state index contributed by atoms with van der Waals surface area (Å²) in [7, 11) is 0. The lowest BCUT2D eigenvalue weighted by atomic mass is 9.87. The van der Waals surface area contributed by atoms with Crippen molar-refractivity contribution in [1.82, 2.24) is 0 Å². The first-order chi connectivity index (χ1) is 16.3. The van der Waals surface area contributed by atoms with Gasteiger partial charge in [0.1, 0.15) is 11.5 Å². The minimum Gasteiger partial charge on any atom is -0.493 e. The van der Waals surface area contributed by atoms with Gasteiger partial charge in [-0.05, 0) is 32.6 Å². The van der Waals surface area contributed by atoms with E-state index in [0.717, 1.165) is 50.4 Å². The van der Waals surface area contributed by atoms with Gasteiger partial charge in [-0.1, -0.05) is 114 Å². The normalized spacial score (nSPS) is 13.1. The summed E-state index contributed by atoms with van der Waals surface area (Å²) in [6.07, 6.45) is 19.7. The van der Waals surface area contributed by atoms with E-state index >= 15 is 0 Å². The second-order valence-corrected chi connectivity index (χ2v) is 9.82. The van der Waals surface area contributed by atoms with Gasteiger partial charge in [-0.15, -0.1) is 0 Å². The van der Waals surface area contributed by atoms with Crippen molar-refractivity contribution in [2.75, 3.05) is 13.2 Å². The molecule has 2 aromatic carbocycles. The molecule has 0 radical (unpaired) electrons. The van der Waals surface area contributed by atoms with Gasteiger partial charge in [0.25, 0.3) is 0 Å². The van der Waals surface area contributed by atoms with E-state index in [4.69, 9.17) is 9.47 Å². The third-order valence-corrected chi connectivity index (χ3v) is 6.93. The minimum absolute atomic E-state index is 0.809. The van der Waals surface area contributed by atoms with Gasteiger partial charge >= 0.3 is 0 Å². The molecule has 0 saturated heterocycles. The summed E-state index contributed by atoms with van der Waals surface area (Å²) in [4.78, 5) is 0. The van der Waals surface area contributed by atoms with Gasteiger partial charge in [0.05, 0.1) is 13.2 Å². The van der Waals surface area contributed by atoms with E-state index < -0.39 is 0 Å². The first-order valence-electron chi connectivity index (χ1n) is 13.7.